The fourth-order valence-electron chi connectivity index (χ4n) is 1.72. The van der Waals surface area contributed by atoms with Crippen molar-refractivity contribution in [3.8, 4) is 11.8 Å². The van der Waals surface area contributed by atoms with Crippen LogP contribution in [0, 0.1) is 11.3 Å². The number of hydrogen-bond acceptors (Lipinski definition) is 3. The van der Waals surface area contributed by atoms with Crippen LogP contribution in [0.4, 0.5) is 0 Å². The van der Waals surface area contributed by atoms with E-state index in [9.17, 15) is 4.79 Å². The molecular formula is C15H19ClN2O2. The summed E-state index contributed by atoms with van der Waals surface area (Å²) in [7, 11) is 0. The molecule has 1 unspecified atom stereocenters. The van der Waals surface area contributed by atoms with Crippen molar-refractivity contribution in [3.63, 3.8) is 0 Å². The van der Waals surface area contributed by atoms with E-state index < -0.39 is 6.10 Å². The van der Waals surface area contributed by atoms with Gasteiger partial charge in [-0.05, 0) is 38.0 Å². The van der Waals surface area contributed by atoms with Gasteiger partial charge in [-0.1, -0.05) is 25.4 Å². The number of rotatable bonds is 6. The zero-order chi connectivity index (χ0) is 15.1. The van der Waals surface area contributed by atoms with Crippen molar-refractivity contribution in [2.24, 2.45) is 0 Å². The number of nitrogens with one attached hydrogen (secondary N) is 1. The number of halogens is 1. The first-order valence-corrected chi connectivity index (χ1v) is 7.06. The van der Waals surface area contributed by atoms with Gasteiger partial charge in [0.25, 0.3) is 5.91 Å². The normalized spacial score (nSPS) is 11.8. The van der Waals surface area contributed by atoms with E-state index in [0.717, 1.165) is 12.8 Å². The molecule has 0 bridgehead atoms. The second-order valence-corrected chi connectivity index (χ2v) is 4.95. The van der Waals surface area contributed by atoms with E-state index >= 15 is 0 Å². The summed E-state index contributed by atoms with van der Waals surface area (Å²) in [6.07, 6.45) is 1.13. The number of carbonyl (C=O) groups excluding carboxylic acids is 1. The third-order valence-corrected chi connectivity index (χ3v) is 3.36. The van der Waals surface area contributed by atoms with Crippen molar-refractivity contribution in [2.75, 3.05) is 0 Å². The van der Waals surface area contributed by atoms with Gasteiger partial charge < -0.3 is 10.1 Å². The summed E-state index contributed by atoms with van der Waals surface area (Å²) in [6.45, 7) is 5.72. The molecule has 1 atom stereocenters. The molecule has 0 radical (unpaired) electrons. The molecule has 0 aliphatic rings. The van der Waals surface area contributed by atoms with Gasteiger partial charge in [-0.25, -0.2) is 0 Å². The summed E-state index contributed by atoms with van der Waals surface area (Å²) in [5.74, 6) is 0.233. The zero-order valence-corrected chi connectivity index (χ0v) is 12.7. The minimum absolute atomic E-state index is 0.157. The number of ether oxygens (including phenoxy) is 1. The smallest absolute Gasteiger partial charge is 0.260 e. The zero-order valence-electron chi connectivity index (χ0n) is 11.9. The lowest BCUT2D eigenvalue weighted by molar-refractivity contribution is -0.128. The summed E-state index contributed by atoms with van der Waals surface area (Å²) in [6, 6.07) is 6.87. The molecule has 0 spiro atoms. The SMILES string of the molecule is CCC(CC)NC(=O)C(C)Oc1ccc(C#N)cc1Cl. The van der Waals surface area contributed by atoms with Gasteiger partial charge >= 0.3 is 0 Å². The molecule has 108 valence electrons. The monoisotopic (exact) mass is 294 g/mol. The van der Waals surface area contributed by atoms with Crippen LogP contribution in [-0.4, -0.2) is 18.1 Å². The fraction of sp³-hybridized carbons (Fsp3) is 0.467. The van der Waals surface area contributed by atoms with Crippen molar-refractivity contribution in [2.45, 2.75) is 45.8 Å². The highest BCUT2D eigenvalue weighted by Crippen LogP contribution is 2.26. The summed E-state index contributed by atoms with van der Waals surface area (Å²) in [5, 5.41) is 12.0. The van der Waals surface area contributed by atoms with E-state index in [1.165, 1.54) is 6.07 Å². The molecule has 0 heterocycles. The minimum atomic E-state index is -0.638. The molecule has 4 nitrogen and oxygen atoms in total. The Hall–Kier alpha value is -1.73. The quantitative estimate of drug-likeness (QED) is 0.876. The van der Waals surface area contributed by atoms with Gasteiger partial charge in [-0.15, -0.1) is 0 Å². The van der Waals surface area contributed by atoms with Crippen LogP contribution in [0.2, 0.25) is 5.02 Å². The van der Waals surface area contributed by atoms with Crippen LogP contribution < -0.4 is 10.1 Å². The average Bonchev–Trinajstić information content (AvgIpc) is 2.46. The molecule has 0 fully saturated rings. The molecule has 1 rings (SSSR count). The highest BCUT2D eigenvalue weighted by atomic mass is 35.5. The Morgan fingerprint density at radius 1 is 1.45 bits per heavy atom. The van der Waals surface area contributed by atoms with Gasteiger partial charge in [0.05, 0.1) is 16.7 Å². The van der Waals surface area contributed by atoms with Crippen molar-refractivity contribution >= 4 is 17.5 Å². The lowest BCUT2D eigenvalue weighted by atomic mass is 10.1. The summed E-state index contributed by atoms with van der Waals surface area (Å²) in [4.78, 5) is 12.0. The van der Waals surface area contributed by atoms with Crippen LogP contribution in [0.15, 0.2) is 18.2 Å². The number of carbonyl (C=O) groups is 1. The van der Waals surface area contributed by atoms with Crippen LogP contribution in [0.3, 0.4) is 0 Å². The molecule has 0 saturated carbocycles. The van der Waals surface area contributed by atoms with Crippen LogP contribution in [0.5, 0.6) is 5.75 Å². The second kappa shape index (κ2) is 7.76. The standard InChI is InChI=1S/C15H19ClN2O2/c1-4-12(5-2)18-15(19)10(3)20-14-7-6-11(9-17)8-13(14)16/h6-8,10,12H,4-5H2,1-3H3,(H,18,19). The molecular weight excluding hydrogens is 276 g/mol. The van der Waals surface area contributed by atoms with E-state index in [-0.39, 0.29) is 11.9 Å². The van der Waals surface area contributed by atoms with Crippen LogP contribution in [-0.2, 0) is 4.79 Å². The maximum atomic E-state index is 12.0. The van der Waals surface area contributed by atoms with Gasteiger partial charge in [-0.2, -0.15) is 5.26 Å². The molecule has 0 aromatic heterocycles. The third-order valence-electron chi connectivity index (χ3n) is 3.07. The van der Waals surface area contributed by atoms with Gasteiger partial charge in [0.15, 0.2) is 6.10 Å². The molecule has 20 heavy (non-hydrogen) atoms. The van der Waals surface area contributed by atoms with Gasteiger partial charge in [0, 0.05) is 6.04 Å². The third kappa shape index (κ3) is 4.43. The summed E-state index contributed by atoms with van der Waals surface area (Å²) >= 11 is 6.01. The molecule has 1 N–H and O–H groups in total. The molecule has 0 aliphatic carbocycles. The summed E-state index contributed by atoms with van der Waals surface area (Å²) < 4.78 is 5.54. The largest absolute Gasteiger partial charge is 0.479 e. The highest BCUT2D eigenvalue weighted by molar-refractivity contribution is 6.32. The Morgan fingerprint density at radius 2 is 2.10 bits per heavy atom. The number of hydrogen-bond donors (Lipinski definition) is 1. The summed E-state index contributed by atoms with van der Waals surface area (Å²) in [5.41, 5.74) is 0.455. The maximum absolute atomic E-state index is 12.0. The van der Waals surface area contributed by atoms with E-state index in [0.29, 0.717) is 16.3 Å². The Labute approximate surface area is 124 Å². The second-order valence-electron chi connectivity index (χ2n) is 4.54. The lowest BCUT2D eigenvalue weighted by Crippen LogP contribution is -2.42. The predicted octanol–water partition coefficient (Wildman–Crippen LogP) is 3.28. The van der Waals surface area contributed by atoms with E-state index in [2.05, 4.69) is 5.32 Å². The average molecular weight is 295 g/mol. The molecule has 0 saturated heterocycles. The Bertz CT molecular complexity index is 507. The van der Waals surface area contributed by atoms with E-state index in [4.69, 9.17) is 21.6 Å². The molecule has 1 aromatic carbocycles. The van der Waals surface area contributed by atoms with Crippen LogP contribution in [0.1, 0.15) is 39.2 Å². The minimum Gasteiger partial charge on any atom is -0.479 e. The maximum Gasteiger partial charge on any atom is 0.260 e. The Kier molecular flexibility index (Phi) is 6.33. The lowest BCUT2D eigenvalue weighted by Gasteiger charge is -2.19. The molecule has 1 amide bonds. The van der Waals surface area contributed by atoms with Gasteiger partial charge in [0.1, 0.15) is 5.75 Å². The highest BCUT2D eigenvalue weighted by Gasteiger charge is 2.18. The number of nitrogens with zero attached hydrogens (tertiary/aromatic N) is 1. The van der Waals surface area contributed by atoms with Crippen molar-refractivity contribution in [1.82, 2.24) is 5.32 Å². The van der Waals surface area contributed by atoms with E-state index in [1.807, 2.05) is 19.9 Å². The predicted molar refractivity (Wildman–Crippen MR) is 78.8 cm³/mol. The Balaban J connectivity index is 2.68. The molecule has 5 heteroatoms. The molecule has 0 aliphatic heterocycles. The Morgan fingerprint density at radius 3 is 2.60 bits per heavy atom. The van der Waals surface area contributed by atoms with Crippen LogP contribution in [0.25, 0.3) is 0 Å². The topological polar surface area (TPSA) is 62.1 Å². The number of amides is 1. The number of benzene rings is 1. The number of nitriles is 1. The first-order valence-electron chi connectivity index (χ1n) is 6.68. The van der Waals surface area contributed by atoms with E-state index in [1.54, 1.807) is 19.1 Å². The first-order chi connectivity index (χ1) is 9.51. The van der Waals surface area contributed by atoms with Crippen LogP contribution >= 0.6 is 11.6 Å². The van der Waals surface area contributed by atoms with Crippen molar-refractivity contribution < 1.29 is 9.53 Å². The van der Waals surface area contributed by atoms with Crippen molar-refractivity contribution in [1.29, 1.82) is 5.26 Å². The molecule has 1 aromatic rings. The fourth-order valence-corrected chi connectivity index (χ4v) is 1.95. The van der Waals surface area contributed by atoms with Gasteiger partial charge in [0.2, 0.25) is 0 Å². The van der Waals surface area contributed by atoms with Gasteiger partial charge in [-0.3, -0.25) is 4.79 Å². The first kappa shape index (κ1) is 16.3. The van der Waals surface area contributed by atoms with Crippen molar-refractivity contribution in [3.05, 3.63) is 28.8 Å².